The van der Waals surface area contributed by atoms with Gasteiger partial charge in [-0.3, -0.25) is 4.79 Å². The number of likely N-dealkylation sites (tertiary alicyclic amines) is 1. The van der Waals surface area contributed by atoms with E-state index in [9.17, 15) is 9.59 Å². The lowest BCUT2D eigenvalue weighted by Crippen LogP contribution is -2.40. The van der Waals surface area contributed by atoms with Crippen LogP contribution in [0, 0.1) is 11.8 Å². The number of rotatable bonds is 8. The lowest BCUT2D eigenvalue weighted by molar-refractivity contribution is -0.128. The molecule has 2 N–H and O–H groups in total. The van der Waals surface area contributed by atoms with Crippen molar-refractivity contribution < 1.29 is 9.59 Å². The molecule has 3 amide bonds. The summed E-state index contributed by atoms with van der Waals surface area (Å²) in [5.74, 6) is 1.62. The molecule has 0 aromatic rings. The highest BCUT2D eigenvalue weighted by atomic mass is 16.2. The van der Waals surface area contributed by atoms with Crippen LogP contribution < -0.4 is 10.6 Å². The van der Waals surface area contributed by atoms with E-state index in [-0.39, 0.29) is 11.9 Å². The van der Waals surface area contributed by atoms with E-state index in [1.165, 1.54) is 24.4 Å². The maximum atomic E-state index is 11.6. The van der Waals surface area contributed by atoms with Gasteiger partial charge in [-0.2, -0.15) is 0 Å². The van der Waals surface area contributed by atoms with Gasteiger partial charge in [0.25, 0.3) is 0 Å². The number of urea groups is 1. The van der Waals surface area contributed by atoms with Crippen molar-refractivity contribution in [2.45, 2.75) is 39.5 Å². The second-order valence-electron chi connectivity index (χ2n) is 7.13. The van der Waals surface area contributed by atoms with Crippen molar-refractivity contribution in [2.24, 2.45) is 11.8 Å². The van der Waals surface area contributed by atoms with E-state index >= 15 is 0 Å². The summed E-state index contributed by atoms with van der Waals surface area (Å²) in [5, 5.41) is 5.56. The van der Waals surface area contributed by atoms with E-state index in [1.807, 2.05) is 0 Å². The number of carbonyl (C=O) groups is 2. The molecule has 0 aromatic carbocycles. The minimum absolute atomic E-state index is 0.0234. The highest BCUT2D eigenvalue weighted by Crippen LogP contribution is 2.20. The molecule has 0 radical (unpaired) electrons. The van der Waals surface area contributed by atoms with Crippen LogP contribution in [-0.4, -0.2) is 68.6 Å². The summed E-state index contributed by atoms with van der Waals surface area (Å²) >= 11 is 0. The molecule has 0 spiro atoms. The number of nitrogens with zero attached hydrogens (tertiary/aromatic N) is 2. The zero-order chi connectivity index (χ0) is 17.2. The molecule has 1 aliphatic heterocycles. The van der Waals surface area contributed by atoms with E-state index in [4.69, 9.17) is 0 Å². The number of piperidine rings is 1. The van der Waals surface area contributed by atoms with Crippen LogP contribution in [0.3, 0.4) is 0 Å². The minimum Gasteiger partial charge on any atom is -0.349 e. The third-order valence-electron chi connectivity index (χ3n) is 4.25. The molecule has 2 unspecified atom stereocenters. The maximum Gasteiger partial charge on any atom is 0.314 e. The molecule has 0 saturated carbocycles. The normalized spacial score (nSPS) is 21.7. The zero-order valence-electron chi connectivity index (χ0n) is 15.2. The monoisotopic (exact) mass is 326 g/mol. The first-order chi connectivity index (χ1) is 10.9. The molecule has 1 aliphatic rings. The molecule has 0 aliphatic carbocycles. The second kappa shape index (κ2) is 10.5. The number of nitrogens with one attached hydrogen (secondary N) is 2. The van der Waals surface area contributed by atoms with Gasteiger partial charge in [0.05, 0.1) is 0 Å². The SMILES string of the molecule is CC1CC(C)CN(CCCCNC(=O)NCCC(=O)N(C)C)C1. The molecule has 1 heterocycles. The van der Waals surface area contributed by atoms with E-state index in [0.717, 1.165) is 31.2 Å². The summed E-state index contributed by atoms with van der Waals surface area (Å²) in [7, 11) is 3.43. The highest BCUT2D eigenvalue weighted by molar-refractivity contribution is 5.77. The molecule has 23 heavy (non-hydrogen) atoms. The van der Waals surface area contributed by atoms with Gasteiger partial charge in [0.15, 0.2) is 0 Å². The largest absolute Gasteiger partial charge is 0.349 e. The summed E-state index contributed by atoms with van der Waals surface area (Å²) in [6.45, 7) is 9.26. The average molecular weight is 326 g/mol. The lowest BCUT2D eigenvalue weighted by atomic mass is 9.92. The van der Waals surface area contributed by atoms with Gasteiger partial charge in [-0.15, -0.1) is 0 Å². The smallest absolute Gasteiger partial charge is 0.314 e. The lowest BCUT2D eigenvalue weighted by Gasteiger charge is -2.34. The van der Waals surface area contributed by atoms with Gasteiger partial charge in [-0.25, -0.2) is 4.79 Å². The molecule has 2 atom stereocenters. The van der Waals surface area contributed by atoms with Crippen molar-refractivity contribution in [3.63, 3.8) is 0 Å². The van der Waals surface area contributed by atoms with Crippen LogP contribution in [-0.2, 0) is 4.79 Å². The van der Waals surface area contributed by atoms with Gasteiger partial charge in [0.1, 0.15) is 0 Å². The van der Waals surface area contributed by atoms with Crippen molar-refractivity contribution >= 4 is 11.9 Å². The average Bonchev–Trinajstić information content (AvgIpc) is 2.45. The molecule has 6 heteroatoms. The fourth-order valence-corrected chi connectivity index (χ4v) is 3.21. The fraction of sp³-hybridized carbons (Fsp3) is 0.882. The Morgan fingerprint density at radius 1 is 1.04 bits per heavy atom. The molecule has 0 bridgehead atoms. The number of carbonyl (C=O) groups excluding carboxylic acids is 2. The standard InChI is InChI=1S/C17H34N4O2/c1-14-11-15(2)13-21(12-14)10-6-5-8-18-17(23)19-9-7-16(22)20(3)4/h14-15H,5-13H2,1-4H3,(H2,18,19,23). The first-order valence-corrected chi connectivity index (χ1v) is 8.82. The van der Waals surface area contributed by atoms with E-state index in [2.05, 4.69) is 29.4 Å². The van der Waals surface area contributed by atoms with E-state index in [1.54, 1.807) is 14.1 Å². The number of amides is 3. The predicted octanol–water partition coefficient (Wildman–Crippen LogP) is 1.52. The van der Waals surface area contributed by atoms with Crippen molar-refractivity contribution in [2.75, 3.05) is 46.8 Å². The molecular formula is C17H34N4O2. The Hall–Kier alpha value is -1.30. The van der Waals surface area contributed by atoms with Crippen LogP contribution in [0.2, 0.25) is 0 Å². The number of hydrogen-bond donors (Lipinski definition) is 2. The maximum absolute atomic E-state index is 11.6. The summed E-state index contributed by atoms with van der Waals surface area (Å²) < 4.78 is 0. The van der Waals surface area contributed by atoms with Gasteiger partial charge in [0.2, 0.25) is 5.91 Å². The van der Waals surface area contributed by atoms with Crippen LogP contribution in [0.4, 0.5) is 4.79 Å². The van der Waals surface area contributed by atoms with Crippen LogP contribution >= 0.6 is 0 Å². The molecule has 134 valence electrons. The summed E-state index contributed by atoms with van der Waals surface area (Å²) in [4.78, 5) is 27.0. The van der Waals surface area contributed by atoms with Crippen molar-refractivity contribution in [3.8, 4) is 0 Å². The second-order valence-corrected chi connectivity index (χ2v) is 7.13. The topological polar surface area (TPSA) is 64.7 Å². The van der Waals surface area contributed by atoms with Gasteiger partial charge in [-0.1, -0.05) is 13.8 Å². The van der Waals surface area contributed by atoms with Crippen LogP contribution in [0.25, 0.3) is 0 Å². The van der Waals surface area contributed by atoms with Crippen molar-refractivity contribution in [1.82, 2.24) is 20.4 Å². The summed E-state index contributed by atoms with van der Waals surface area (Å²) in [5.41, 5.74) is 0. The molecule has 0 aromatic heterocycles. The quantitative estimate of drug-likeness (QED) is 0.665. The van der Waals surface area contributed by atoms with E-state index in [0.29, 0.717) is 19.5 Å². The first kappa shape index (κ1) is 19.7. The van der Waals surface area contributed by atoms with Crippen molar-refractivity contribution in [3.05, 3.63) is 0 Å². The third kappa shape index (κ3) is 8.79. The molecule has 1 saturated heterocycles. The third-order valence-corrected chi connectivity index (χ3v) is 4.25. The van der Waals surface area contributed by atoms with Gasteiger partial charge < -0.3 is 20.4 Å². The number of unbranched alkanes of at least 4 members (excludes halogenated alkanes) is 1. The Bertz CT molecular complexity index is 364. The van der Waals surface area contributed by atoms with E-state index < -0.39 is 0 Å². The Labute approximate surface area is 141 Å². The van der Waals surface area contributed by atoms with Crippen molar-refractivity contribution in [1.29, 1.82) is 0 Å². The molecule has 1 fully saturated rings. The van der Waals surface area contributed by atoms with Crippen LogP contribution in [0.1, 0.15) is 39.5 Å². The predicted molar refractivity (Wildman–Crippen MR) is 93.3 cm³/mol. The van der Waals surface area contributed by atoms with Gasteiger partial charge in [0, 0.05) is 46.7 Å². The molecule has 6 nitrogen and oxygen atoms in total. The Morgan fingerprint density at radius 2 is 1.65 bits per heavy atom. The van der Waals surface area contributed by atoms with Crippen LogP contribution in [0.5, 0.6) is 0 Å². The Morgan fingerprint density at radius 3 is 2.26 bits per heavy atom. The summed E-state index contributed by atoms with van der Waals surface area (Å²) in [6, 6.07) is -0.184. The highest BCUT2D eigenvalue weighted by Gasteiger charge is 2.20. The zero-order valence-corrected chi connectivity index (χ0v) is 15.2. The molecule has 1 rings (SSSR count). The Balaban J connectivity index is 2.00. The summed E-state index contributed by atoms with van der Waals surface area (Å²) in [6.07, 6.45) is 3.78. The van der Waals surface area contributed by atoms with Gasteiger partial charge >= 0.3 is 6.03 Å². The minimum atomic E-state index is -0.184. The van der Waals surface area contributed by atoms with Crippen LogP contribution in [0.15, 0.2) is 0 Å². The van der Waals surface area contributed by atoms with Gasteiger partial charge in [-0.05, 0) is 37.6 Å². The molecular weight excluding hydrogens is 292 g/mol. The first-order valence-electron chi connectivity index (χ1n) is 8.82. The number of hydrogen-bond acceptors (Lipinski definition) is 3. The Kier molecular flexibility index (Phi) is 8.99. The fourth-order valence-electron chi connectivity index (χ4n) is 3.21.